The zero-order chi connectivity index (χ0) is 18.7. The molecular formula is C22H27NO4. The summed E-state index contributed by atoms with van der Waals surface area (Å²) in [6.45, 7) is 9.08. The number of carbonyl (C=O) groups excluding carboxylic acids is 2. The van der Waals surface area contributed by atoms with E-state index in [0.717, 1.165) is 25.0 Å². The molecule has 9 bridgehead atoms. The number of hydrogen-bond donors (Lipinski definition) is 1. The van der Waals surface area contributed by atoms with E-state index in [4.69, 9.17) is 4.74 Å². The second kappa shape index (κ2) is 3.93. The summed E-state index contributed by atoms with van der Waals surface area (Å²) in [5.41, 5.74) is -0.00331. The highest BCUT2D eigenvalue weighted by Gasteiger charge is 2.95. The summed E-state index contributed by atoms with van der Waals surface area (Å²) in [5.74, 6) is 0.614. The van der Waals surface area contributed by atoms with Gasteiger partial charge in [0.25, 0.3) is 0 Å². The molecule has 144 valence electrons. The van der Waals surface area contributed by atoms with Crippen molar-refractivity contribution in [3.05, 3.63) is 12.2 Å². The summed E-state index contributed by atoms with van der Waals surface area (Å²) < 4.78 is 6.41. The van der Waals surface area contributed by atoms with Gasteiger partial charge in [0, 0.05) is 61.1 Å². The smallest absolute Gasteiger partial charge is 0.303 e. The number of carbonyl (C=O) groups is 2. The standard InChI is InChI=1S/C22H27NO4/c1-10-4-20-8-14-17-19(3)5-12(25)6-21(17)18(23(14)9-19)15(20)16(26)13(10)7-22(20,21)27-11(2)24/h13-18,26H,1,4-9H2,2-3H3. The number of hydrogen-bond acceptors (Lipinski definition) is 5. The van der Waals surface area contributed by atoms with Crippen LogP contribution >= 0.6 is 0 Å². The van der Waals surface area contributed by atoms with Crippen LogP contribution < -0.4 is 0 Å². The first-order valence-electron chi connectivity index (χ1n) is 10.5. The third-order valence-corrected chi connectivity index (χ3v) is 10.4. The summed E-state index contributed by atoms with van der Waals surface area (Å²) in [6.07, 6.45) is 3.28. The van der Waals surface area contributed by atoms with Gasteiger partial charge in [-0.3, -0.25) is 14.5 Å². The Morgan fingerprint density at radius 3 is 2.81 bits per heavy atom. The van der Waals surface area contributed by atoms with Gasteiger partial charge in [-0.05, 0) is 30.6 Å². The van der Waals surface area contributed by atoms with Crippen LogP contribution in [0.15, 0.2) is 12.2 Å². The molecule has 6 aliphatic carbocycles. The number of esters is 1. The number of aliphatic hydroxyl groups is 1. The van der Waals surface area contributed by atoms with Crippen molar-refractivity contribution in [2.75, 3.05) is 6.54 Å². The maximum atomic E-state index is 13.0. The molecule has 3 heterocycles. The quantitative estimate of drug-likeness (QED) is 0.563. The Morgan fingerprint density at radius 2 is 2.07 bits per heavy atom. The summed E-state index contributed by atoms with van der Waals surface area (Å²) in [4.78, 5) is 28.1. The van der Waals surface area contributed by atoms with Gasteiger partial charge in [0.2, 0.25) is 0 Å². The molecule has 9 aliphatic rings. The van der Waals surface area contributed by atoms with Crippen molar-refractivity contribution in [3.8, 4) is 0 Å². The lowest BCUT2D eigenvalue weighted by molar-refractivity contribution is -0.267. The molecule has 9 rings (SSSR count). The number of Topliss-reactive ketones (excluding diaryl/α,β-unsaturated/α-hetero) is 1. The van der Waals surface area contributed by atoms with Crippen LogP contribution in [0.4, 0.5) is 0 Å². The average Bonchev–Trinajstić information content (AvgIpc) is 2.95. The number of aliphatic hydroxyl groups excluding tert-OH is 1. The van der Waals surface area contributed by atoms with Crippen molar-refractivity contribution in [1.82, 2.24) is 4.90 Å². The molecule has 3 aliphatic heterocycles. The van der Waals surface area contributed by atoms with E-state index in [-0.39, 0.29) is 40.1 Å². The molecule has 0 aromatic rings. The van der Waals surface area contributed by atoms with E-state index in [1.54, 1.807) is 0 Å². The van der Waals surface area contributed by atoms with Gasteiger partial charge in [-0.15, -0.1) is 0 Å². The second-order valence-corrected chi connectivity index (χ2v) is 11.2. The largest absolute Gasteiger partial charge is 0.458 e. The molecular weight excluding hydrogens is 342 g/mol. The lowest BCUT2D eigenvalue weighted by Crippen LogP contribution is -2.73. The molecule has 9 fully saturated rings. The summed E-state index contributed by atoms with van der Waals surface area (Å²) >= 11 is 0. The SMILES string of the molecule is C=C1CC23CC4C5C6(C)CC(=O)CC57C(C2C(O)C1CC37OC(C)=O)N4C6. The molecule has 11 unspecified atom stereocenters. The number of nitrogens with zero attached hydrogens (tertiary/aromatic N) is 1. The number of piperidine rings is 2. The molecule has 27 heavy (non-hydrogen) atoms. The van der Waals surface area contributed by atoms with Gasteiger partial charge in [0.05, 0.1) is 6.10 Å². The fourth-order valence-electron chi connectivity index (χ4n) is 10.7. The summed E-state index contributed by atoms with van der Waals surface area (Å²) in [6, 6.07) is 0.661. The summed E-state index contributed by atoms with van der Waals surface area (Å²) in [5, 5.41) is 11.4. The topological polar surface area (TPSA) is 66.8 Å². The minimum atomic E-state index is -0.597. The Bertz CT molecular complexity index is 868. The molecule has 1 N–H and O–H groups in total. The van der Waals surface area contributed by atoms with Gasteiger partial charge in [-0.1, -0.05) is 19.1 Å². The zero-order valence-electron chi connectivity index (χ0n) is 16.0. The van der Waals surface area contributed by atoms with Gasteiger partial charge in [0.15, 0.2) is 0 Å². The fraction of sp³-hybridized carbons (Fsp3) is 0.818. The third kappa shape index (κ3) is 1.20. The molecule has 5 heteroatoms. The van der Waals surface area contributed by atoms with Gasteiger partial charge >= 0.3 is 5.97 Å². The molecule has 2 spiro atoms. The van der Waals surface area contributed by atoms with Crippen molar-refractivity contribution in [3.63, 3.8) is 0 Å². The van der Waals surface area contributed by atoms with Gasteiger partial charge in [-0.25, -0.2) is 0 Å². The molecule has 0 aromatic heterocycles. The van der Waals surface area contributed by atoms with Crippen LogP contribution in [-0.2, 0) is 14.3 Å². The van der Waals surface area contributed by atoms with E-state index in [9.17, 15) is 14.7 Å². The monoisotopic (exact) mass is 369 g/mol. The highest BCUT2D eigenvalue weighted by atomic mass is 16.6. The molecule has 5 nitrogen and oxygen atoms in total. The Morgan fingerprint density at radius 1 is 1.30 bits per heavy atom. The molecule has 0 amide bonds. The van der Waals surface area contributed by atoms with Crippen molar-refractivity contribution in [2.24, 2.45) is 34.0 Å². The van der Waals surface area contributed by atoms with Gasteiger partial charge < -0.3 is 9.84 Å². The fourth-order valence-corrected chi connectivity index (χ4v) is 10.7. The van der Waals surface area contributed by atoms with Crippen molar-refractivity contribution >= 4 is 11.8 Å². The second-order valence-electron chi connectivity index (χ2n) is 11.2. The van der Waals surface area contributed by atoms with Crippen LogP contribution in [0, 0.1) is 34.0 Å². The molecule has 0 radical (unpaired) electrons. The molecule has 11 atom stereocenters. The van der Waals surface area contributed by atoms with Crippen LogP contribution in [0.2, 0.25) is 0 Å². The predicted molar refractivity (Wildman–Crippen MR) is 95.5 cm³/mol. The molecule has 0 aromatic carbocycles. The molecule has 3 saturated heterocycles. The summed E-state index contributed by atoms with van der Waals surface area (Å²) in [7, 11) is 0. The third-order valence-electron chi connectivity index (χ3n) is 10.4. The van der Waals surface area contributed by atoms with E-state index in [2.05, 4.69) is 18.4 Å². The number of ketones is 1. The van der Waals surface area contributed by atoms with Crippen LogP contribution in [-0.4, -0.2) is 52.1 Å². The van der Waals surface area contributed by atoms with Crippen molar-refractivity contribution in [2.45, 2.75) is 69.7 Å². The van der Waals surface area contributed by atoms with E-state index in [1.165, 1.54) is 6.92 Å². The lowest BCUT2D eigenvalue weighted by Gasteiger charge is -2.68. The van der Waals surface area contributed by atoms with Crippen LogP contribution in [0.25, 0.3) is 0 Å². The van der Waals surface area contributed by atoms with Crippen LogP contribution in [0.5, 0.6) is 0 Å². The maximum Gasteiger partial charge on any atom is 0.303 e. The van der Waals surface area contributed by atoms with E-state index in [1.807, 2.05) is 0 Å². The van der Waals surface area contributed by atoms with Crippen molar-refractivity contribution < 1.29 is 19.4 Å². The Balaban J connectivity index is 1.57. The number of fused-ring (bicyclic) bond motifs is 1. The number of ether oxygens (including phenoxy) is 1. The minimum absolute atomic E-state index is 0.00312. The normalized spacial score (nSPS) is 66.0. The number of rotatable bonds is 1. The van der Waals surface area contributed by atoms with E-state index >= 15 is 0 Å². The zero-order valence-corrected chi connectivity index (χ0v) is 16.0. The van der Waals surface area contributed by atoms with E-state index < -0.39 is 11.7 Å². The first-order chi connectivity index (χ1) is 12.7. The highest BCUT2D eigenvalue weighted by molar-refractivity contribution is 5.83. The van der Waals surface area contributed by atoms with Crippen LogP contribution in [0.1, 0.15) is 46.0 Å². The average molecular weight is 369 g/mol. The highest BCUT2D eigenvalue weighted by Crippen LogP contribution is 2.88. The van der Waals surface area contributed by atoms with Crippen LogP contribution in [0.3, 0.4) is 0 Å². The maximum absolute atomic E-state index is 13.0. The van der Waals surface area contributed by atoms with Crippen molar-refractivity contribution in [1.29, 1.82) is 0 Å². The molecule has 6 saturated carbocycles. The first-order valence-corrected chi connectivity index (χ1v) is 10.5. The Hall–Kier alpha value is -1.20. The van der Waals surface area contributed by atoms with Gasteiger partial charge in [0.1, 0.15) is 11.4 Å². The Kier molecular flexibility index (Phi) is 2.28. The Labute approximate surface area is 159 Å². The predicted octanol–water partition coefficient (Wildman–Crippen LogP) is 1.69. The minimum Gasteiger partial charge on any atom is -0.458 e. The lowest BCUT2D eigenvalue weighted by atomic mass is 9.38. The van der Waals surface area contributed by atoms with Gasteiger partial charge in [-0.2, -0.15) is 0 Å². The first kappa shape index (κ1) is 15.7. The van der Waals surface area contributed by atoms with E-state index in [0.29, 0.717) is 37.0 Å².